The van der Waals surface area contributed by atoms with Crippen LogP contribution in [-0.4, -0.2) is 4.92 Å². The molecule has 0 aliphatic heterocycles. The van der Waals surface area contributed by atoms with E-state index >= 15 is 0 Å². The van der Waals surface area contributed by atoms with E-state index in [2.05, 4.69) is 53.3 Å². The zero-order chi connectivity index (χ0) is 15.4. The van der Waals surface area contributed by atoms with Gasteiger partial charge in [-0.05, 0) is 31.0 Å². The molecule has 0 amide bonds. The molecule has 4 nitrogen and oxygen atoms in total. The predicted octanol–water partition coefficient (Wildman–Crippen LogP) is 4.52. The predicted molar refractivity (Wildman–Crippen MR) is 87.2 cm³/mol. The number of nitro benzene ring substituents is 1. The highest BCUT2D eigenvalue weighted by Crippen LogP contribution is 2.22. The van der Waals surface area contributed by atoms with Crippen LogP contribution in [0.25, 0.3) is 0 Å². The van der Waals surface area contributed by atoms with E-state index in [1.807, 2.05) is 12.1 Å². The van der Waals surface area contributed by atoms with Crippen molar-refractivity contribution < 1.29 is 4.92 Å². The number of non-ortho nitro benzene ring substituents is 1. The van der Waals surface area contributed by atoms with Gasteiger partial charge in [-0.15, -0.1) is 0 Å². The van der Waals surface area contributed by atoms with Gasteiger partial charge < -0.3 is 5.32 Å². The van der Waals surface area contributed by atoms with Crippen molar-refractivity contribution in [3.63, 3.8) is 0 Å². The van der Waals surface area contributed by atoms with Crippen LogP contribution in [-0.2, 0) is 6.54 Å². The van der Waals surface area contributed by atoms with Crippen molar-refractivity contribution in [3.05, 3.63) is 73.7 Å². The van der Waals surface area contributed by atoms with E-state index in [-0.39, 0.29) is 16.7 Å². The summed E-state index contributed by atoms with van der Waals surface area (Å²) in [5, 5.41) is 14.3. The first-order chi connectivity index (χ1) is 9.95. The number of nitrogens with one attached hydrogen (secondary N) is 1. The first-order valence-corrected chi connectivity index (χ1v) is 7.49. The Labute approximate surface area is 132 Å². The molecule has 0 heterocycles. The molecule has 110 valence electrons. The molecular weight excluding hydrogens is 332 g/mol. The number of hydrogen-bond acceptors (Lipinski definition) is 3. The summed E-state index contributed by atoms with van der Waals surface area (Å²) in [5.74, 6) is 0. The van der Waals surface area contributed by atoms with Gasteiger partial charge in [0.1, 0.15) is 0 Å². The third-order valence-electron chi connectivity index (χ3n) is 3.31. The summed E-state index contributed by atoms with van der Waals surface area (Å²) >= 11 is 3.31. The van der Waals surface area contributed by atoms with Crippen LogP contribution in [0.1, 0.15) is 29.7 Å². The van der Waals surface area contributed by atoms with Gasteiger partial charge in [0.15, 0.2) is 0 Å². The van der Waals surface area contributed by atoms with E-state index in [0.717, 1.165) is 10.0 Å². The topological polar surface area (TPSA) is 55.2 Å². The van der Waals surface area contributed by atoms with Crippen molar-refractivity contribution in [2.24, 2.45) is 0 Å². The van der Waals surface area contributed by atoms with E-state index in [1.54, 1.807) is 6.07 Å². The fourth-order valence-electron chi connectivity index (χ4n) is 2.17. The van der Waals surface area contributed by atoms with Gasteiger partial charge in [0.25, 0.3) is 5.69 Å². The number of rotatable bonds is 5. The quantitative estimate of drug-likeness (QED) is 0.638. The van der Waals surface area contributed by atoms with Crippen LogP contribution in [0.5, 0.6) is 0 Å². The van der Waals surface area contributed by atoms with Gasteiger partial charge in [-0.2, -0.15) is 0 Å². The Bertz CT molecular complexity index is 658. The number of nitro groups is 1. The van der Waals surface area contributed by atoms with E-state index in [1.165, 1.54) is 17.2 Å². The summed E-state index contributed by atoms with van der Waals surface area (Å²) in [5.41, 5.74) is 3.42. The lowest BCUT2D eigenvalue weighted by Crippen LogP contribution is -2.18. The van der Waals surface area contributed by atoms with Gasteiger partial charge in [0.2, 0.25) is 0 Å². The number of hydrogen-bond donors (Lipinski definition) is 1. The molecule has 1 atom stereocenters. The molecule has 2 aromatic rings. The zero-order valence-corrected chi connectivity index (χ0v) is 13.6. The molecule has 0 aromatic heterocycles. The van der Waals surface area contributed by atoms with Gasteiger partial charge in [-0.3, -0.25) is 10.1 Å². The Hall–Kier alpha value is -1.72. The van der Waals surface area contributed by atoms with E-state index in [9.17, 15) is 10.1 Å². The molecule has 0 spiro atoms. The third kappa shape index (κ3) is 4.37. The molecule has 2 aromatic carbocycles. The Kier molecular flexibility index (Phi) is 5.09. The summed E-state index contributed by atoms with van der Waals surface area (Å²) in [6, 6.07) is 13.5. The number of halogens is 1. The largest absolute Gasteiger partial charge is 0.306 e. The molecule has 21 heavy (non-hydrogen) atoms. The first-order valence-electron chi connectivity index (χ1n) is 6.69. The number of nitrogens with zero attached hydrogens (tertiary/aromatic N) is 1. The summed E-state index contributed by atoms with van der Waals surface area (Å²) in [7, 11) is 0. The van der Waals surface area contributed by atoms with Crippen LogP contribution in [0.3, 0.4) is 0 Å². The smallest absolute Gasteiger partial charge is 0.270 e. The second kappa shape index (κ2) is 6.83. The van der Waals surface area contributed by atoms with E-state index in [0.29, 0.717) is 6.54 Å². The average molecular weight is 349 g/mol. The van der Waals surface area contributed by atoms with Crippen LogP contribution < -0.4 is 5.32 Å². The van der Waals surface area contributed by atoms with Crippen LogP contribution in [0.15, 0.2) is 46.9 Å². The molecule has 0 aliphatic carbocycles. The first kappa shape index (κ1) is 15.7. The Morgan fingerprint density at radius 3 is 2.71 bits per heavy atom. The van der Waals surface area contributed by atoms with Crippen molar-refractivity contribution in [2.45, 2.75) is 26.4 Å². The molecule has 0 unspecified atom stereocenters. The fraction of sp³-hybridized carbons (Fsp3) is 0.250. The van der Waals surface area contributed by atoms with Crippen LogP contribution >= 0.6 is 15.9 Å². The van der Waals surface area contributed by atoms with Gasteiger partial charge in [0.05, 0.1) is 4.92 Å². The van der Waals surface area contributed by atoms with Gasteiger partial charge >= 0.3 is 0 Å². The molecule has 0 radical (unpaired) electrons. The van der Waals surface area contributed by atoms with Crippen molar-refractivity contribution in [3.8, 4) is 0 Å². The fourth-order valence-corrected chi connectivity index (χ4v) is 2.70. The van der Waals surface area contributed by atoms with Gasteiger partial charge in [-0.1, -0.05) is 45.8 Å². The molecular formula is C16H17BrN2O2. The number of benzene rings is 2. The highest BCUT2D eigenvalue weighted by Gasteiger charge is 2.10. The SMILES string of the molecule is Cc1cccc([C@H](C)NCc2cc(Br)cc([N+](=O)[O-])c2)c1. The maximum absolute atomic E-state index is 10.9. The monoisotopic (exact) mass is 348 g/mol. The highest BCUT2D eigenvalue weighted by molar-refractivity contribution is 9.10. The van der Waals surface area contributed by atoms with E-state index < -0.39 is 0 Å². The van der Waals surface area contributed by atoms with Crippen LogP contribution in [0.2, 0.25) is 0 Å². The molecule has 5 heteroatoms. The molecule has 0 saturated heterocycles. The molecule has 2 rings (SSSR count). The Morgan fingerprint density at radius 2 is 2.05 bits per heavy atom. The standard InChI is InChI=1S/C16H17BrN2O2/c1-11-4-3-5-14(6-11)12(2)18-10-13-7-15(17)9-16(8-13)19(20)21/h3-9,12,18H,10H2,1-2H3/t12-/m0/s1. The Balaban J connectivity index is 2.07. The minimum absolute atomic E-state index is 0.101. The lowest BCUT2D eigenvalue weighted by atomic mass is 10.1. The lowest BCUT2D eigenvalue weighted by Gasteiger charge is -2.15. The molecule has 0 saturated carbocycles. The van der Waals surface area contributed by atoms with Crippen LogP contribution in [0.4, 0.5) is 5.69 Å². The van der Waals surface area contributed by atoms with Crippen molar-refractivity contribution in [1.29, 1.82) is 0 Å². The molecule has 1 N–H and O–H groups in total. The van der Waals surface area contributed by atoms with Crippen molar-refractivity contribution in [2.75, 3.05) is 0 Å². The van der Waals surface area contributed by atoms with Gasteiger partial charge in [0, 0.05) is 29.2 Å². The lowest BCUT2D eigenvalue weighted by molar-refractivity contribution is -0.385. The normalized spacial score (nSPS) is 12.1. The highest BCUT2D eigenvalue weighted by atomic mass is 79.9. The number of aryl methyl sites for hydroxylation is 1. The summed E-state index contributed by atoms with van der Waals surface area (Å²) in [4.78, 5) is 10.5. The van der Waals surface area contributed by atoms with Crippen LogP contribution in [0, 0.1) is 17.0 Å². The maximum atomic E-state index is 10.9. The van der Waals surface area contributed by atoms with E-state index in [4.69, 9.17) is 0 Å². The zero-order valence-electron chi connectivity index (χ0n) is 12.0. The minimum atomic E-state index is -0.377. The average Bonchev–Trinajstić information content (AvgIpc) is 2.44. The molecule has 0 bridgehead atoms. The third-order valence-corrected chi connectivity index (χ3v) is 3.77. The van der Waals surface area contributed by atoms with Gasteiger partial charge in [-0.25, -0.2) is 0 Å². The second-order valence-corrected chi connectivity index (χ2v) is 6.01. The molecule has 0 aliphatic rings. The summed E-state index contributed by atoms with van der Waals surface area (Å²) in [6.07, 6.45) is 0. The van der Waals surface area contributed by atoms with Crippen molar-refractivity contribution >= 4 is 21.6 Å². The maximum Gasteiger partial charge on any atom is 0.270 e. The second-order valence-electron chi connectivity index (χ2n) is 5.09. The molecule has 0 fully saturated rings. The minimum Gasteiger partial charge on any atom is -0.306 e. The summed E-state index contributed by atoms with van der Waals surface area (Å²) in [6.45, 7) is 4.73. The summed E-state index contributed by atoms with van der Waals surface area (Å²) < 4.78 is 0.719. The van der Waals surface area contributed by atoms with Crippen molar-refractivity contribution in [1.82, 2.24) is 5.32 Å². The Morgan fingerprint density at radius 1 is 1.29 bits per heavy atom.